The monoisotopic (exact) mass is 563 g/mol. The average molecular weight is 563 g/mol. The topological polar surface area (TPSA) is 85.8 Å². The number of carbonyl (C=O) groups is 2. The molecule has 0 spiro atoms. The number of amides is 2. The number of nitrogens with zero attached hydrogens (tertiary/aromatic N) is 2. The van der Waals surface area contributed by atoms with Crippen LogP contribution in [0.2, 0.25) is 0 Å². The Labute approximate surface area is 213 Å². The van der Waals surface area contributed by atoms with E-state index in [1.807, 2.05) is 47.4 Å². The first-order chi connectivity index (χ1) is 15.5. The molecule has 0 aromatic heterocycles. The summed E-state index contributed by atoms with van der Waals surface area (Å²) in [5.74, 6) is 1.20. The van der Waals surface area contributed by atoms with Gasteiger partial charge >= 0.3 is 0 Å². The third-order valence-corrected chi connectivity index (χ3v) is 5.57. The van der Waals surface area contributed by atoms with E-state index in [2.05, 4.69) is 33.1 Å². The Morgan fingerprint density at radius 3 is 2.39 bits per heavy atom. The lowest BCUT2D eigenvalue weighted by atomic mass is 10.1. The fraction of sp³-hybridized carbons (Fsp3) is 0.400. The van der Waals surface area contributed by atoms with Gasteiger partial charge in [0.15, 0.2) is 5.96 Å². The fourth-order valence-corrected chi connectivity index (χ4v) is 3.86. The van der Waals surface area contributed by atoms with Crippen LogP contribution in [0, 0.1) is 5.92 Å². The number of aliphatic imine (C=N–C) groups is 1. The van der Waals surface area contributed by atoms with Crippen LogP contribution in [-0.4, -0.2) is 55.9 Å². The van der Waals surface area contributed by atoms with E-state index in [9.17, 15) is 9.59 Å². The van der Waals surface area contributed by atoms with Crippen molar-refractivity contribution in [2.24, 2.45) is 10.9 Å². The molecular formula is C25H34IN5O2. The highest BCUT2D eigenvalue weighted by molar-refractivity contribution is 14.0. The van der Waals surface area contributed by atoms with Gasteiger partial charge in [-0.2, -0.15) is 0 Å². The molecule has 1 aliphatic rings. The number of benzene rings is 2. The highest BCUT2D eigenvalue weighted by atomic mass is 127. The minimum atomic E-state index is -0.0717. The van der Waals surface area contributed by atoms with Crippen LogP contribution in [0.5, 0.6) is 0 Å². The summed E-state index contributed by atoms with van der Waals surface area (Å²) in [6.07, 6.45) is 2.32. The van der Waals surface area contributed by atoms with E-state index in [4.69, 9.17) is 0 Å². The lowest BCUT2D eigenvalue weighted by Gasteiger charge is -2.18. The molecule has 1 unspecified atom stereocenters. The minimum Gasteiger partial charge on any atom is -0.356 e. The van der Waals surface area contributed by atoms with Crippen molar-refractivity contribution >= 4 is 47.4 Å². The van der Waals surface area contributed by atoms with E-state index < -0.39 is 0 Å². The summed E-state index contributed by atoms with van der Waals surface area (Å²) in [6.45, 7) is 4.52. The zero-order valence-corrected chi connectivity index (χ0v) is 21.7. The van der Waals surface area contributed by atoms with Gasteiger partial charge in [-0.3, -0.25) is 14.6 Å². The van der Waals surface area contributed by atoms with Gasteiger partial charge in [0.2, 0.25) is 11.8 Å². The van der Waals surface area contributed by atoms with Gasteiger partial charge in [0, 0.05) is 58.2 Å². The molecule has 178 valence electrons. The van der Waals surface area contributed by atoms with Gasteiger partial charge in [-0.15, -0.1) is 24.0 Å². The lowest BCUT2D eigenvalue weighted by molar-refractivity contribution is -0.127. The number of likely N-dealkylation sites (tertiary alicyclic amines) is 1. The molecule has 3 N–H and O–H groups in total. The second kappa shape index (κ2) is 13.8. The van der Waals surface area contributed by atoms with Crippen molar-refractivity contribution in [3.8, 4) is 0 Å². The van der Waals surface area contributed by atoms with E-state index in [1.54, 1.807) is 7.05 Å². The Morgan fingerprint density at radius 1 is 1.03 bits per heavy atom. The molecule has 1 fully saturated rings. The van der Waals surface area contributed by atoms with Gasteiger partial charge < -0.3 is 20.9 Å². The SMILES string of the molecule is CN=C(NCCc1ccc(NC(C)=O)cc1)NCC1CC(=O)N(CCc2ccccc2)C1.I. The average Bonchev–Trinajstić information content (AvgIpc) is 3.15. The van der Waals surface area contributed by atoms with Gasteiger partial charge in [-0.25, -0.2) is 0 Å². The predicted octanol–water partition coefficient (Wildman–Crippen LogP) is 3.06. The zero-order chi connectivity index (χ0) is 22.8. The molecule has 7 nitrogen and oxygen atoms in total. The predicted molar refractivity (Wildman–Crippen MR) is 144 cm³/mol. The highest BCUT2D eigenvalue weighted by Crippen LogP contribution is 2.17. The van der Waals surface area contributed by atoms with Crippen LogP contribution in [0.4, 0.5) is 5.69 Å². The Balaban J connectivity index is 0.00000385. The molecule has 2 aromatic rings. The Bertz CT molecular complexity index is 918. The summed E-state index contributed by atoms with van der Waals surface area (Å²) in [7, 11) is 1.75. The van der Waals surface area contributed by atoms with Crippen LogP contribution in [0.3, 0.4) is 0 Å². The molecule has 0 radical (unpaired) electrons. The van der Waals surface area contributed by atoms with E-state index in [0.717, 1.165) is 50.7 Å². The highest BCUT2D eigenvalue weighted by Gasteiger charge is 2.29. The van der Waals surface area contributed by atoms with Crippen molar-refractivity contribution in [3.05, 3.63) is 65.7 Å². The minimum absolute atomic E-state index is 0. The summed E-state index contributed by atoms with van der Waals surface area (Å²) in [5.41, 5.74) is 3.24. The van der Waals surface area contributed by atoms with E-state index in [0.29, 0.717) is 6.42 Å². The van der Waals surface area contributed by atoms with Crippen molar-refractivity contribution in [1.82, 2.24) is 15.5 Å². The maximum atomic E-state index is 12.4. The first-order valence-electron chi connectivity index (χ1n) is 11.2. The van der Waals surface area contributed by atoms with E-state index >= 15 is 0 Å². The third-order valence-electron chi connectivity index (χ3n) is 5.57. The fourth-order valence-electron chi connectivity index (χ4n) is 3.86. The number of hydrogen-bond donors (Lipinski definition) is 3. The number of hydrogen-bond acceptors (Lipinski definition) is 3. The molecular weight excluding hydrogens is 529 g/mol. The number of carbonyl (C=O) groups excluding carboxylic acids is 2. The van der Waals surface area contributed by atoms with E-state index in [1.165, 1.54) is 18.1 Å². The molecule has 0 bridgehead atoms. The number of rotatable bonds is 9. The lowest BCUT2D eigenvalue weighted by Crippen LogP contribution is -2.41. The van der Waals surface area contributed by atoms with Crippen molar-refractivity contribution in [2.75, 3.05) is 38.5 Å². The van der Waals surface area contributed by atoms with Gasteiger partial charge in [0.1, 0.15) is 0 Å². The van der Waals surface area contributed by atoms with Crippen LogP contribution in [0.25, 0.3) is 0 Å². The summed E-state index contributed by atoms with van der Waals surface area (Å²) < 4.78 is 0. The molecule has 2 aromatic carbocycles. The molecule has 0 saturated carbocycles. The van der Waals surface area contributed by atoms with E-state index in [-0.39, 0.29) is 41.7 Å². The zero-order valence-electron chi connectivity index (χ0n) is 19.3. The smallest absolute Gasteiger partial charge is 0.223 e. The third kappa shape index (κ3) is 9.03. The Morgan fingerprint density at radius 2 is 1.73 bits per heavy atom. The molecule has 1 aliphatic heterocycles. The molecule has 0 aliphatic carbocycles. The Hall–Kier alpha value is -2.62. The normalized spacial score (nSPS) is 15.7. The van der Waals surface area contributed by atoms with Crippen molar-refractivity contribution in [2.45, 2.75) is 26.2 Å². The molecule has 33 heavy (non-hydrogen) atoms. The molecule has 3 rings (SSSR count). The molecule has 2 amide bonds. The van der Waals surface area contributed by atoms with Crippen LogP contribution in [0.1, 0.15) is 24.5 Å². The number of guanidine groups is 1. The van der Waals surface area contributed by atoms with Crippen LogP contribution >= 0.6 is 24.0 Å². The Kier molecular flexibility index (Phi) is 11.2. The first kappa shape index (κ1) is 26.6. The van der Waals surface area contributed by atoms with Crippen LogP contribution in [0.15, 0.2) is 59.6 Å². The molecule has 1 saturated heterocycles. The maximum Gasteiger partial charge on any atom is 0.223 e. The van der Waals surface area contributed by atoms with Crippen LogP contribution < -0.4 is 16.0 Å². The second-order valence-electron chi connectivity index (χ2n) is 8.15. The van der Waals surface area contributed by atoms with Gasteiger partial charge in [0.05, 0.1) is 0 Å². The second-order valence-corrected chi connectivity index (χ2v) is 8.15. The standard InChI is InChI=1S/C25H33N5O2.HI/c1-19(31)29-23-10-8-21(9-11-23)12-14-27-25(26-2)28-17-22-16-24(32)30(18-22)15-13-20-6-4-3-5-7-20;/h3-11,22H,12-18H2,1-2H3,(H,29,31)(H2,26,27,28);1H. The number of anilines is 1. The summed E-state index contributed by atoms with van der Waals surface area (Å²) >= 11 is 0. The van der Waals surface area contributed by atoms with Crippen molar-refractivity contribution in [1.29, 1.82) is 0 Å². The molecule has 1 atom stereocenters. The van der Waals surface area contributed by atoms with Gasteiger partial charge in [-0.05, 0) is 36.1 Å². The summed E-state index contributed by atoms with van der Waals surface area (Å²) in [4.78, 5) is 29.7. The quantitative estimate of drug-likeness (QED) is 0.249. The van der Waals surface area contributed by atoms with Crippen molar-refractivity contribution in [3.63, 3.8) is 0 Å². The molecule has 1 heterocycles. The van der Waals surface area contributed by atoms with Gasteiger partial charge in [0.25, 0.3) is 0 Å². The number of halogens is 1. The summed E-state index contributed by atoms with van der Waals surface area (Å²) in [6, 6.07) is 18.1. The molecule has 8 heteroatoms. The largest absolute Gasteiger partial charge is 0.356 e. The van der Waals surface area contributed by atoms with Gasteiger partial charge in [-0.1, -0.05) is 42.5 Å². The number of nitrogens with one attached hydrogen (secondary N) is 3. The maximum absolute atomic E-state index is 12.4. The first-order valence-corrected chi connectivity index (χ1v) is 11.2. The van der Waals surface area contributed by atoms with Crippen molar-refractivity contribution < 1.29 is 9.59 Å². The summed E-state index contributed by atoms with van der Waals surface area (Å²) in [5, 5.41) is 9.45. The van der Waals surface area contributed by atoms with Crippen LogP contribution in [-0.2, 0) is 22.4 Å².